The van der Waals surface area contributed by atoms with Crippen LogP contribution in [0.4, 0.5) is 0 Å². The zero-order chi connectivity index (χ0) is 16.1. The van der Waals surface area contributed by atoms with E-state index < -0.39 is 0 Å². The zero-order valence-corrected chi connectivity index (χ0v) is 15.0. The number of hydrogen-bond acceptors (Lipinski definition) is 2. The number of rotatable bonds is 2. The Hall–Kier alpha value is -1.60. The lowest BCUT2D eigenvalue weighted by atomic mass is 10.0. The van der Waals surface area contributed by atoms with Crippen molar-refractivity contribution in [1.29, 1.82) is 0 Å². The van der Waals surface area contributed by atoms with Gasteiger partial charge in [0.1, 0.15) is 0 Å². The summed E-state index contributed by atoms with van der Waals surface area (Å²) in [5, 5.41) is 0. The van der Waals surface area contributed by atoms with Gasteiger partial charge >= 0.3 is 0 Å². The van der Waals surface area contributed by atoms with E-state index in [4.69, 9.17) is 0 Å². The largest absolute Gasteiger partial charge is 0.304 e. The molecule has 0 bridgehead atoms. The second-order valence-corrected chi connectivity index (χ2v) is 6.84. The van der Waals surface area contributed by atoms with E-state index >= 15 is 0 Å². The summed E-state index contributed by atoms with van der Waals surface area (Å²) < 4.78 is 1.11. The molecule has 1 fully saturated rings. The van der Waals surface area contributed by atoms with Crippen molar-refractivity contribution in [2.24, 2.45) is 0 Å². The van der Waals surface area contributed by atoms with Gasteiger partial charge in [-0.25, -0.2) is 0 Å². The second kappa shape index (κ2) is 7.79. The Labute approximate surface area is 147 Å². The van der Waals surface area contributed by atoms with Gasteiger partial charge in [0.15, 0.2) is 0 Å². The molecule has 1 aliphatic rings. The van der Waals surface area contributed by atoms with Crippen LogP contribution in [0.15, 0.2) is 59.1 Å². The standard InChI is InChI=1S/C20H21BrN2/c1-22-13-15-23(16-14-22)20(18-8-10-19(21)11-9-18)12-7-17-5-3-2-4-6-17/h2-6,8-11,20H,13-16H2,1H3. The fraction of sp³-hybridized carbons (Fsp3) is 0.300. The fourth-order valence-corrected chi connectivity index (χ4v) is 3.05. The van der Waals surface area contributed by atoms with Crippen LogP contribution in [0.25, 0.3) is 0 Å². The Kier molecular flexibility index (Phi) is 5.51. The second-order valence-electron chi connectivity index (χ2n) is 5.93. The molecule has 0 spiro atoms. The van der Waals surface area contributed by atoms with E-state index in [0.29, 0.717) is 0 Å². The van der Waals surface area contributed by atoms with Crippen molar-refractivity contribution in [1.82, 2.24) is 9.80 Å². The van der Waals surface area contributed by atoms with E-state index in [-0.39, 0.29) is 6.04 Å². The van der Waals surface area contributed by atoms with Crippen LogP contribution >= 0.6 is 15.9 Å². The predicted molar refractivity (Wildman–Crippen MR) is 99.3 cm³/mol. The average Bonchev–Trinajstić information content (AvgIpc) is 2.59. The smallest absolute Gasteiger partial charge is 0.0975 e. The lowest BCUT2D eigenvalue weighted by Gasteiger charge is -2.36. The van der Waals surface area contributed by atoms with Crippen molar-refractivity contribution in [2.45, 2.75) is 6.04 Å². The van der Waals surface area contributed by atoms with Gasteiger partial charge < -0.3 is 4.90 Å². The molecular formula is C20H21BrN2. The predicted octanol–water partition coefficient (Wildman–Crippen LogP) is 3.79. The number of benzene rings is 2. The summed E-state index contributed by atoms with van der Waals surface area (Å²) in [6.45, 7) is 4.31. The van der Waals surface area contributed by atoms with Crippen LogP contribution in [-0.2, 0) is 0 Å². The summed E-state index contributed by atoms with van der Waals surface area (Å²) in [6.07, 6.45) is 0. The van der Waals surface area contributed by atoms with Crippen molar-refractivity contribution in [3.8, 4) is 11.8 Å². The highest BCUT2D eigenvalue weighted by molar-refractivity contribution is 9.10. The lowest BCUT2D eigenvalue weighted by Crippen LogP contribution is -2.45. The van der Waals surface area contributed by atoms with Gasteiger partial charge in [0, 0.05) is 36.2 Å². The minimum Gasteiger partial charge on any atom is -0.304 e. The van der Waals surface area contributed by atoms with Gasteiger partial charge in [-0.05, 0) is 36.9 Å². The number of hydrogen-bond donors (Lipinski definition) is 0. The molecule has 0 saturated carbocycles. The molecule has 2 aromatic rings. The van der Waals surface area contributed by atoms with Crippen LogP contribution in [0.3, 0.4) is 0 Å². The number of piperazine rings is 1. The molecule has 1 saturated heterocycles. The fourth-order valence-electron chi connectivity index (χ4n) is 2.78. The topological polar surface area (TPSA) is 6.48 Å². The summed E-state index contributed by atoms with van der Waals surface area (Å²) in [5.74, 6) is 6.85. The molecule has 1 aliphatic heterocycles. The Morgan fingerprint density at radius 2 is 1.57 bits per heavy atom. The average molecular weight is 369 g/mol. The summed E-state index contributed by atoms with van der Waals surface area (Å²) in [4.78, 5) is 4.86. The van der Waals surface area contributed by atoms with Gasteiger partial charge in [-0.2, -0.15) is 0 Å². The molecule has 0 N–H and O–H groups in total. The van der Waals surface area contributed by atoms with E-state index in [0.717, 1.165) is 36.2 Å². The highest BCUT2D eigenvalue weighted by Crippen LogP contribution is 2.23. The molecule has 0 amide bonds. The monoisotopic (exact) mass is 368 g/mol. The molecule has 0 aromatic heterocycles. The molecule has 1 heterocycles. The van der Waals surface area contributed by atoms with Crippen molar-refractivity contribution >= 4 is 15.9 Å². The van der Waals surface area contributed by atoms with Crippen molar-refractivity contribution in [3.05, 3.63) is 70.2 Å². The first-order valence-corrected chi connectivity index (χ1v) is 8.76. The van der Waals surface area contributed by atoms with Crippen LogP contribution in [0, 0.1) is 11.8 Å². The molecular weight excluding hydrogens is 348 g/mol. The molecule has 3 rings (SSSR count). The number of nitrogens with zero attached hydrogens (tertiary/aromatic N) is 2. The summed E-state index contributed by atoms with van der Waals surface area (Å²) in [7, 11) is 2.18. The number of likely N-dealkylation sites (N-methyl/N-ethyl adjacent to an activating group) is 1. The maximum atomic E-state index is 3.52. The van der Waals surface area contributed by atoms with Crippen molar-refractivity contribution in [2.75, 3.05) is 33.2 Å². The molecule has 0 radical (unpaired) electrons. The third kappa shape index (κ3) is 4.45. The molecule has 1 unspecified atom stereocenters. The van der Waals surface area contributed by atoms with Gasteiger partial charge in [-0.3, -0.25) is 4.90 Å². The van der Waals surface area contributed by atoms with Gasteiger partial charge in [0.05, 0.1) is 6.04 Å². The van der Waals surface area contributed by atoms with Crippen LogP contribution in [0.5, 0.6) is 0 Å². The third-order valence-electron chi connectivity index (χ3n) is 4.22. The van der Waals surface area contributed by atoms with Crippen molar-refractivity contribution in [3.63, 3.8) is 0 Å². The van der Waals surface area contributed by atoms with E-state index in [9.17, 15) is 0 Å². The lowest BCUT2D eigenvalue weighted by molar-refractivity contribution is 0.133. The highest BCUT2D eigenvalue weighted by Gasteiger charge is 2.22. The normalized spacial score (nSPS) is 17.3. The maximum Gasteiger partial charge on any atom is 0.0975 e. The van der Waals surface area contributed by atoms with Crippen LogP contribution in [0.1, 0.15) is 17.2 Å². The quantitative estimate of drug-likeness (QED) is 0.744. The first kappa shape index (κ1) is 16.3. The van der Waals surface area contributed by atoms with Crippen LogP contribution in [-0.4, -0.2) is 43.0 Å². The van der Waals surface area contributed by atoms with Gasteiger partial charge in [0.2, 0.25) is 0 Å². The van der Waals surface area contributed by atoms with E-state index in [1.807, 2.05) is 18.2 Å². The van der Waals surface area contributed by atoms with Gasteiger partial charge in [-0.15, -0.1) is 0 Å². The summed E-state index contributed by atoms with van der Waals surface area (Å²) >= 11 is 3.52. The Balaban J connectivity index is 1.87. The summed E-state index contributed by atoms with van der Waals surface area (Å²) in [5.41, 5.74) is 2.34. The molecule has 2 nitrogen and oxygen atoms in total. The SMILES string of the molecule is CN1CCN(C(C#Cc2ccccc2)c2ccc(Br)cc2)CC1. The number of halogens is 1. The minimum absolute atomic E-state index is 0.150. The molecule has 0 aliphatic carbocycles. The maximum absolute atomic E-state index is 3.52. The van der Waals surface area contributed by atoms with Crippen LogP contribution < -0.4 is 0 Å². The van der Waals surface area contributed by atoms with E-state index in [1.54, 1.807) is 0 Å². The molecule has 118 valence electrons. The molecule has 23 heavy (non-hydrogen) atoms. The molecule has 3 heteroatoms. The Bertz CT molecular complexity index is 677. The van der Waals surface area contributed by atoms with Gasteiger partial charge in [-0.1, -0.05) is 58.1 Å². The molecule has 2 aromatic carbocycles. The Morgan fingerprint density at radius 1 is 0.913 bits per heavy atom. The first-order valence-electron chi connectivity index (χ1n) is 7.97. The zero-order valence-electron chi connectivity index (χ0n) is 13.4. The van der Waals surface area contributed by atoms with Crippen LogP contribution in [0.2, 0.25) is 0 Å². The van der Waals surface area contributed by atoms with E-state index in [2.05, 4.69) is 81.0 Å². The minimum atomic E-state index is 0.150. The Morgan fingerprint density at radius 3 is 2.22 bits per heavy atom. The van der Waals surface area contributed by atoms with Crippen molar-refractivity contribution < 1.29 is 0 Å². The van der Waals surface area contributed by atoms with Gasteiger partial charge in [0.25, 0.3) is 0 Å². The highest BCUT2D eigenvalue weighted by atomic mass is 79.9. The summed E-state index contributed by atoms with van der Waals surface area (Å²) in [6, 6.07) is 18.9. The van der Waals surface area contributed by atoms with E-state index in [1.165, 1.54) is 5.56 Å². The molecule has 1 atom stereocenters. The first-order chi connectivity index (χ1) is 11.2. The third-order valence-corrected chi connectivity index (χ3v) is 4.74.